The van der Waals surface area contributed by atoms with Crippen LogP contribution >= 0.6 is 0 Å². The van der Waals surface area contributed by atoms with Gasteiger partial charge in [0.15, 0.2) is 0 Å². The second-order valence-electron chi connectivity index (χ2n) is 3.99. The highest BCUT2D eigenvalue weighted by Crippen LogP contribution is 2.34. The highest BCUT2D eigenvalue weighted by Gasteiger charge is 2.17. The summed E-state index contributed by atoms with van der Waals surface area (Å²) in [6.45, 7) is 1.89. The molecule has 1 heterocycles. The lowest BCUT2D eigenvalue weighted by atomic mass is 9.98. The number of hydrogen-bond acceptors (Lipinski definition) is 2. The van der Waals surface area contributed by atoms with Crippen molar-refractivity contribution < 1.29 is 0 Å². The van der Waals surface area contributed by atoms with Crippen LogP contribution in [0.2, 0.25) is 0 Å². The van der Waals surface area contributed by atoms with E-state index in [9.17, 15) is 0 Å². The summed E-state index contributed by atoms with van der Waals surface area (Å²) in [7, 11) is 0. The Morgan fingerprint density at radius 1 is 1.43 bits per heavy atom. The van der Waals surface area contributed by atoms with Crippen molar-refractivity contribution in [3.63, 3.8) is 0 Å². The summed E-state index contributed by atoms with van der Waals surface area (Å²) < 4.78 is 0. The first-order chi connectivity index (χ1) is 6.81. The molecule has 1 aromatic heterocycles. The summed E-state index contributed by atoms with van der Waals surface area (Å²) in [6.07, 6.45) is 7.10. The molecule has 0 aliphatic heterocycles. The minimum atomic E-state index is 0.648. The van der Waals surface area contributed by atoms with Crippen LogP contribution in [0.25, 0.3) is 0 Å². The van der Waals surface area contributed by atoms with Crippen molar-refractivity contribution in [1.29, 1.82) is 5.26 Å². The zero-order valence-corrected chi connectivity index (χ0v) is 8.45. The second kappa shape index (κ2) is 3.79. The Hall–Kier alpha value is -1.36. The van der Waals surface area contributed by atoms with Crippen molar-refractivity contribution in [2.75, 3.05) is 0 Å². The second-order valence-corrected chi connectivity index (χ2v) is 3.99. The lowest BCUT2D eigenvalue weighted by Crippen LogP contribution is -1.96. The van der Waals surface area contributed by atoms with Crippen molar-refractivity contribution in [2.45, 2.75) is 38.5 Å². The van der Waals surface area contributed by atoms with Crippen molar-refractivity contribution in [3.05, 3.63) is 29.1 Å². The fraction of sp³-hybridized carbons (Fsp3) is 0.500. The van der Waals surface area contributed by atoms with Crippen LogP contribution in [0, 0.1) is 18.3 Å². The molecule has 1 aromatic rings. The molecule has 1 saturated carbocycles. The van der Waals surface area contributed by atoms with Crippen LogP contribution in [0.3, 0.4) is 0 Å². The maximum Gasteiger partial charge on any atom is 0.101 e. The minimum Gasteiger partial charge on any atom is -0.260 e. The highest BCUT2D eigenvalue weighted by atomic mass is 14.7. The van der Waals surface area contributed by atoms with Gasteiger partial charge in [-0.3, -0.25) is 4.98 Å². The third-order valence-corrected chi connectivity index (χ3v) is 3.06. The summed E-state index contributed by atoms with van der Waals surface area (Å²) in [5.41, 5.74) is 2.83. The van der Waals surface area contributed by atoms with Gasteiger partial charge in [0.05, 0.1) is 11.3 Å². The molecular weight excluding hydrogens is 172 g/mol. The number of hydrogen-bond donors (Lipinski definition) is 0. The van der Waals surface area contributed by atoms with Gasteiger partial charge in [-0.15, -0.1) is 0 Å². The average Bonchev–Trinajstić information content (AvgIpc) is 2.71. The number of pyridine rings is 1. The van der Waals surface area contributed by atoms with E-state index in [0.29, 0.717) is 5.92 Å². The molecule has 0 saturated heterocycles. The van der Waals surface area contributed by atoms with Gasteiger partial charge in [-0.25, -0.2) is 0 Å². The summed E-state index contributed by atoms with van der Waals surface area (Å²) in [4.78, 5) is 4.27. The fourth-order valence-electron chi connectivity index (χ4n) is 2.14. The number of rotatable bonds is 1. The van der Waals surface area contributed by atoms with Crippen molar-refractivity contribution in [1.82, 2.24) is 4.98 Å². The van der Waals surface area contributed by atoms with E-state index in [1.165, 1.54) is 31.2 Å². The molecule has 0 N–H and O–H groups in total. The Morgan fingerprint density at radius 3 is 2.79 bits per heavy atom. The molecule has 0 bridgehead atoms. The number of nitriles is 1. The quantitative estimate of drug-likeness (QED) is 0.676. The first-order valence-electron chi connectivity index (χ1n) is 5.18. The lowest BCUT2D eigenvalue weighted by molar-refractivity contribution is 0.718. The zero-order chi connectivity index (χ0) is 9.97. The normalized spacial score (nSPS) is 16.9. The van der Waals surface area contributed by atoms with Gasteiger partial charge in [0, 0.05) is 6.20 Å². The van der Waals surface area contributed by atoms with Crippen LogP contribution in [0.15, 0.2) is 12.3 Å². The van der Waals surface area contributed by atoms with Gasteiger partial charge in [0.1, 0.15) is 6.07 Å². The zero-order valence-electron chi connectivity index (χ0n) is 8.45. The molecule has 0 amide bonds. The Kier molecular flexibility index (Phi) is 2.49. The highest BCUT2D eigenvalue weighted by molar-refractivity contribution is 5.36. The Balaban J connectivity index is 2.31. The van der Waals surface area contributed by atoms with Crippen molar-refractivity contribution >= 4 is 0 Å². The van der Waals surface area contributed by atoms with Gasteiger partial charge in [-0.2, -0.15) is 5.26 Å². The fourth-order valence-corrected chi connectivity index (χ4v) is 2.14. The molecule has 0 radical (unpaired) electrons. The van der Waals surface area contributed by atoms with Crippen LogP contribution in [-0.2, 0) is 0 Å². The van der Waals surface area contributed by atoms with Crippen LogP contribution in [0.4, 0.5) is 0 Å². The molecular formula is C12H14N2. The maximum atomic E-state index is 8.90. The number of aryl methyl sites for hydroxylation is 1. The van der Waals surface area contributed by atoms with Gasteiger partial charge >= 0.3 is 0 Å². The molecule has 0 spiro atoms. The molecule has 2 heteroatoms. The summed E-state index contributed by atoms with van der Waals surface area (Å²) in [6, 6.07) is 4.21. The third-order valence-electron chi connectivity index (χ3n) is 3.06. The standard InChI is InChI=1S/C12H14N2/c1-9-11(7-13)6-12(8-14-9)10-4-2-3-5-10/h6,8,10H,2-5H2,1H3. The molecule has 72 valence electrons. The van der Waals surface area contributed by atoms with E-state index in [-0.39, 0.29) is 0 Å². The van der Waals surface area contributed by atoms with E-state index in [1.54, 1.807) is 0 Å². The summed E-state index contributed by atoms with van der Waals surface area (Å²) in [5, 5.41) is 8.90. The summed E-state index contributed by atoms with van der Waals surface area (Å²) >= 11 is 0. The predicted octanol–water partition coefficient (Wildman–Crippen LogP) is 2.92. The molecule has 1 fully saturated rings. The lowest BCUT2D eigenvalue weighted by Gasteiger charge is -2.09. The molecule has 2 nitrogen and oxygen atoms in total. The molecule has 1 aliphatic carbocycles. The van der Waals surface area contributed by atoms with Gasteiger partial charge in [0.2, 0.25) is 0 Å². The molecule has 14 heavy (non-hydrogen) atoms. The average molecular weight is 186 g/mol. The maximum absolute atomic E-state index is 8.90. The Morgan fingerprint density at radius 2 is 2.14 bits per heavy atom. The molecule has 2 rings (SSSR count). The smallest absolute Gasteiger partial charge is 0.101 e. The minimum absolute atomic E-state index is 0.648. The van der Waals surface area contributed by atoms with Gasteiger partial charge in [-0.05, 0) is 37.3 Å². The predicted molar refractivity (Wildman–Crippen MR) is 54.9 cm³/mol. The van der Waals surface area contributed by atoms with E-state index >= 15 is 0 Å². The van der Waals surface area contributed by atoms with Crippen LogP contribution in [-0.4, -0.2) is 4.98 Å². The van der Waals surface area contributed by atoms with Crippen molar-refractivity contribution in [3.8, 4) is 6.07 Å². The molecule has 0 aromatic carbocycles. The molecule has 0 atom stereocenters. The van der Waals surface area contributed by atoms with Gasteiger partial charge in [0.25, 0.3) is 0 Å². The first kappa shape index (κ1) is 9.21. The number of aromatic nitrogens is 1. The molecule has 1 aliphatic rings. The Bertz CT molecular complexity index is 370. The summed E-state index contributed by atoms with van der Waals surface area (Å²) in [5.74, 6) is 0.648. The van der Waals surface area contributed by atoms with Crippen LogP contribution in [0.1, 0.15) is 48.4 Å². The van der Waals surface area contributed by atoms with Gasteiger partial charge < -0.3 is 0 Å². The van der Waals surface area contributed by atoms with E-state index in [4.69, 9.17) is 5.26 Å². The van der Waals surface area contributed by atoms with E-state index in [1.807, 2.05) is 19.2 Å². The first-order valence-corrected chi connectivity index (χ1v) is 5.18. The molecule has 0 unspecified atom stereocenters. The topological polar surface area (TPSA) is 36.7 Å². The largest absolute Gasteiger partial charge is 0.260 e. The monoisotopic (exact) mass is 186 g/mol. The SMILES string of the molecule is Cc1ncc(C2CCCC2)cc1C#N. The van der Waals surface area contributed by atoms with E-state index in [0.717, 1.165) is 11.3 Å². The van der Waals surface area contributed by atoms with Crippen LogP contribution in [0.5, 0.6) is 0 Å². The van der Waals surface area contributed by atoms with Crippen LogP contribution < -0.4 is 0 Å². The third kappa shape index (κ3) is 1.63. The van der Waals surface area contributed by atoms with E-state index in [2.05, 4.69) is 11.1 Å². The van der Waals surface area contributed by atoms with Crippen molar-refractivity contribution in [2.24, 2.45) is 0 Å². The Labute approximate surface area is 84.6 Å². The van der Waals surface area contributed by atoms with E-state index < -0.39 is 0 Å². The number of nitrogens with zero attached hydrogens (tertiary/aromatic N) is 2. The van der Waals surface area contributed by atoms with Gasteiger partial charge in [-0.1, -0.05) is 12.8 Å².